The van der Waals surface area contributed by atoms with Crippen LogP contribution in [0.4, 0.5) is 11.4 Å². The van der Waals surface area contributed by atoms with Crippen molar-refractivity contribution in [2.24, 2.45) is 11.7 Å². The second-order valence-corrected chi connectivity index (χ2v) is 7.08. The summed E-state index contributed by atoms with van der Waals surface area (Å²) in [7, 11) is 0. The molecule has 0 radical (unpaired) electrons. The van der Waals surface area contributed by atoms with Crippen LogP contribution in [0.3, 0.4) is 0 Å². The van der Waals surface area contributed by atoms with Crippen LogP contribution < -0.4 is 16.4 Å². The first-order valence-electron chi connectivity index (χ1n) is 8.73. The van der Waals surface area contributed by atoms with Crippen molar-refractivity contribution in [3.63, 3.8) is 0 Å². The molecular formula is C20H23Cl2N3O2. The van der Waals surface area contributed by atoms with E-state index in [-0.39, 0.29) is 36.2 Å². The van der Waals surface area contributed by atoms with Crippen LogP contribution in [0.15, 0.2) is 48.5 Å². The van der Waals surface area contributed by atoms with Gasteiger partial charge < -0.3 is 16.4 Å². The van der Waals surface area contributed by atoms with Crippen LogP contribution in [-0.2, 0) is 4.79 Å². The van der Waals surface area contributed by atoms with Crippen LogP contribution in [0, 0.1) is 5.92 Å². The Morgan fingerprint density at radius 1 is 0.963 bits per heavy atom. The lowest BCUT2D eigenvalue weighted by Crippen LogP contribution is -2.28. The third kappa shape index (κ3) is 5.96. The largest absolute Gasteiger partial charge is 0.327 e. The summed E-state index contributed by atoms with van der Waals surface area (Å²) >= 11 is 5.82. The van der Waals surface area contributed by atoms with Gasteiger partial charge in [-0.05, 0) is 67.3 Å². The molecule has 4 N–H and O–H groups in total. The molecule has 2 atom stereocenters. The monoisotopic (exact) mass is 407 g/mol. The maximum absolute atomic E-state index is 12.2. The molecule has 0 heterocycles. The van der Waals surface area contributed by atoms with Gasteiger partial charge in [-0.3, -0.25) is 9.59 Å². The van der Waals surface area contributed by atoms with Gasteiger partial charge in [-0.15, -0.1) is 12.4 Å². The van der Waals surface area contributed by atoms with Crippen LogP contribution in [0.25, 0.3) is 0 Å². The molecule has 0 spiro atoms. The van der Waals surface area contributed by atoms with Gasteiger partial charge in [-0.1, -0.05) is 18.0 Å². The van der Waals surface area contributed by atoms with E-state index in [9.17, 15) is 9.59 Å². The highest BCUT2D eigenvalue weighted by Gasteiger charge is 2.25. The van der Waals surface area contributed by atoms with E-state index in [1.807, 2.05) is 0 Å². The number of rotatable bonds is 5. The van der Waals surface area contributed by atoms with Gasteiger partial charge in [-0.2, -0.15) is 0 Å². The second kappa shape index (κ2) is 9.74. The molecule has 5 nitrogen and oxygen atoms in total. The summed E-state index contributed by atoms with van der Waals surface area (Å²) in [5, 5.41) is 6.28. The molecule has 2 amide bonds. The van der Waals surface area contributed by atoms with Crippen LogP contribution in [0.2, 0.25) is 5.02 Å². The summed E-state index contributed by atoms with van der Waals surface area (Å²) in [5.41, 5.74) is 7.90. The second-order valence-electron chi connectivity index (χ2n) is 6.65. The number of amides is 2. The maximum Gasteiger partial charge on any atom is 0.255 e. The molecule has 0 aromatic heterocycles. The van der Waals surface area contributed by atoms with Gasteiger partial charge in [0.05, 0.1) is 0 Å². The Morgan fingerprint density at radius 3 is 2.11 bits per heavy atom. The molecule has 1 aliphatic rings. The molecule has 0 saturated heterocycles. The number of halogens is 2. The van der Waals surface area contributed by atoms with E-state index in [1.165, 1.54) is 0 Å². The molecule has 1 saturated carbocycles. The van der Waals surface area contributed by atoms with Crippen LogP contribution in [-0.4, -0.2) is 17.9 Å². The number of anilines is 2. The summed E-state index contributed by atoms with van der Waals surface area (Å²) in [4.78, 5) is 24.3. The zero-order valence-electron chi connectivity index (χ0n) is 14.8. The highest BCUT2D eigenvalue weighted by atomic mass is 35.5. The zero-order valence-corrected chi connectivity index (χ0v) is 16.4. The van der Waals surface area contributed by atoms with Crippen molar-refractivity contribution in [3.8, 4) is 0 Å². The van der Waals surface area contributed by atoms with Gasteiger partial charge in [0, 0.05) is 34.4 Å². The van der Waals surface area contributed by atoms with Crippen LogP contribution in [0.1, 0.15) is 36.0 Å². The van der Waals surface area contributed by atoms with Gasteiger partial charge >= 0.3 is 0 Å². The average molecular weight is 408 g/mol. The van der Waals surface area contributed by atoms with Crippen molar-refractivity contribution < 1.29 is 9.59 Å². The summed E-state index contributed by atoms with van der Waals surface area (Å²) in [6, 6.07) is 13.9. The molecule has 7 heteroatoms. The lowest BCUT2D eigenvalue weighted by atomic mass is 10.00. The van der Waals surface area contributed by atoms with Crippen LogP contribution >= 0.6 is 24.0 Å². The summed E-state index contributed by atoms with van der Waals surface area (Å²) in [6.07, 6.45) is 3.57. The molecular weight excluding hydrogens is 385 g/mol. The SMILES string of the molecule is Cl.N[C@@H]1CCC[C@H]1CC(=O)Nc1ccc(NC(=O)c2ccc(Cl)cc2)cc1. The quantitative estimate of drug-likeness (QED) is 0.683. The zero-order chi connectivity index (χ0) is 18.5. The van der Waals surface area contributed by atoms with E-state index in [2.05, 4.69) is 10.6 Å². The van der Waals surface area contributed by atoms with Crippen molar-refractivity contribution >= 4 is 47.2 Å². The van der Waals surface area contributed by atoms with Gasteiger partial charge in [0.25, 0.3) is 5.91 Å². The fraction of sp³-hybridized carbons (Fsp3) is 0.300. The minimum Gasteiger partial charge on any atom is -0.327 e. The fourth-order valence-corrected chi connectivity index (χ4v) is 3.34. The fourth-order valence-electron chi connectivity index (χ4n) is 3.21. The number of carbonyl (C=O) groups is 2. The molecule has 0 aliphatic heterocycles. The highest BCUT2D eigenvalue weighted by Crippen LogP contribution is 2.27. The van der Waals surface area contributed by atoms with Gasteiger partial charge in [-0.25, -0.2) is 0 Å². The van der Waals surface area contributed by atoms with Crippen LogP contribution in [0.5, 0.6) is 0 Å². The van der Waals surface area contributed by atoms with Crippen molar-refractivity contribution in [1.29, 1.82) is 0 Å². The normalized spacial score (nSPS) is 18.4. The Kier molecular flexibility index (Phi) is 7.66. The first kappa shape index (κ1) is 21.2. The first-order chi connectivity index (χ1) is 12.5. The van der Waals surface area contributed by atoms with Crippen molar-refractivity contribution in [3.05, 3.63) is 59.1 Å². The van der Waals surface area contributed by atoms with E-state index in [4.69, 9.17) is 17.3 Å². The number of nitrogens with two attached hydrogens (primary N) is 1. The lowest BCUT2D eigenvalue weighted by molar-refractivity contribution is -0.117. The third-order valence-electron chi connectivity index (χ3n) is 4.70. The lowest BCUT2D eigenvalue weighted by Gasteiger charge is -2.15. The topological polar surface area (TPSA) is 84.2 Å². The maximum atomic E-state index is 12.2. The number of hydrogen-bond donors (Lipinski definition) is 3. The predicted molar refractivity (Wildman–Crippen MR) is 112 cm³/mol. The van der Waals surface area contributed by atoms with Crippen molar-refractivity contribution in [1.82, 2.24) is 0 Å². The summed E-state index contributed by atoms with van der Waals surface area (Å²) < 4.78 is 0. The van der Waals surface area contributed by atoms with Crippen molar-refractivity contribution in [2.45, 2.75) is 31.7 Å². The summed E-state index contributed by atoms with van der Waals surface area (Å²) in [5.74, 6) is 0.0342. The Bertz CT molecular complexity index is 779. The Labute approximate surface area is 170 Å². The van der Waals surface area contributed by atoms with Crippen molar-refractivity contribution in [2.75, 3.05) is 10.6 Å². The number of hydrogen-bond acceptors (Lipinski definition) is 3. The standard InChI is InChI=1S/C20H22ClN3O2.ClH/c21-15-6-4-13(5-7-15)20(26)24-17-10-8-16(9-11-17)23-19(25)12-14-2-1-3-18(14)22;/h4-11,14,18H,1-3,12,22H2,(H,23,25)(H,24,26);1H/t14-,18+;/m0./s1. The molecule has 0 bridgehead atoms. The van der Waals surface area contributed by atoms with E-state index in [1.54, 1.807) is 48.5 Å². The molecule has 1 fully saturated rings. The van der Waals surface area contributed by atoms with Gasteiger partial charge in [0.2, 0.25) is 5.91 Å². The predicted octanol–water partition coefficient (Wildman–Crippen LogP) is 4.47. The average Bonchev–Trinajstić information content (AvgIpc) is 3.02. The van der Waals surface area contributed by atoms with E-state index in [0.29, 0.717) is 28.4 Å². The Balaban J connectivity index is 0.00000261. The third-order valence-corrected chi connectivity index (χ3v) is 4.95. The minimum atomic E-state index is -0.214. The highest BCUT2D eigenvalue weighted by molar-refractivity contribution is 6.30. The summed E-state index contributed by atoms with van der Waals surface area (Å²) in [6.45, 7) is 0. The molecule has 144 valence electrons. The van der Waals surface area contributed by atoms with E-state index >= 15 is 0 Å². The number of benzene rings is 2. The molecule has 2 aromatic carbocycles. The molecule has 0 unspecified atom stereocenters. The molecule has 1 aliphatic carbocycles. The number of carbonyl (C=O) groups excluding carboxylic acids is 2. The minimum absolute atomic E-state index is 0. The first-order valence-corrected chi connectivity index (χ1v) is 9.11. The van der Waals surface area contributed by atoms with E-state index < -0.39 is 0 Å². The smallest absolute Gasteiger partial charge is 0.255 e. The molecule has 2 aromatic rings. The van der Waals surface area contributed by atoms with Gasteiger partial charge in [0.1, 0.15) is 0 Å². The number of nitrogens with one attached hydrogen (secondary N) is 2. The Hall–Kier alpha value is -2.08. The molecule has 3 rings (SSSR count). The van der Waals surface area contributed by atoms with E-state index in [0.717, 1.165) is 19.3 Å². The van der Waals surface area contributed by atoms with Gasteiger partial charge in [0.15, 0.2) is 0 Å². The Morgan fingerprint density at radius 2 is 1.56 bits per heavy atom. The molecule has 27 heavy (non-hydrogen) atoms.